The molecule has 0 atom stereocenters. The first-order valence-corrected chi connectivity index (χ1v) is 6.05. The molecule has 0 aromatic heterocycles. The van der Waals surface area contributed by atoms with E-state index in [0.29, 0.717) is 0 Å². The van der Waals surface area contributed by atoms with Crippen molar-refractivity contribution in [3.63, 3.8) is 0 Å². The van der Waals surface area contributed by atoms with Crippen molar-refractivity contribution in [2.24, 2.45) is 0 Å². The normalized spacial score (nSPS) is 11.0. The van der Waals surface area contributed by atoms with Gasteiger partial charge in [0.1, 0.15) is 5.69 Å². The number of nitro groups is 1. The van der Waals surface area contributed by atoms with Crippen molar-refractivity contribution in [3.8, 4) is 0 Å². The van der Waals surface area contributed by atoms with Gasteiger partial charge in [-0.25, -0.2) is 0 Å². The number of nitrogens with zero attached hydrogens (tertiary/aromatic N) is 1. The highest BCUT2D eigenvalue weighted by Crippen LogP contribution is 2.25. The lowest BCUT2D eigenvalue weighted by atomic mass is 10.1. The summed E-state index contributed by atoms with van der Waals surface area (Å²) in [6.07, 6.45) is -5.45. The highest BCUT2D eigenvalue weighted by molar-refractivity contribution is 5.95. The van der Waals surface area contributed by atoms with Crippen molar-refractivity contribution in [2.75, 3.05) is 18.9 Å². The highest BCUT2D eigenvalue weighted by Gasteiger charge is 2.26. The van der Waals surface area contributed by atoms with E-state index in [2.05, 4.69) is 10.6 Å². The van der Waals surface area contributed by atoms with Crippen LogP contribution in [0, 0.1) is 10.1 Å². The third-order valence-electron chi connectivity index (χ3n) is 2.65. The third kappa shape index (κ3) is 5.28. The topological polar surface area (TPSA) is 84.3 Å². The zero-order valence-corrected chi connectivity index (χ0v) is 11.2. The van der Waals surface area contributed by atoms with Crippen LogP contribution >= 0.6 is 0 Å². The van der Waals surface area contributed by atoms with E-state index in [-0.39, 0.29) is 29.9 Å². The summed E-state index contributed by atoms with van der Waals surface area (Å²) < 4.78 is 35.8. The van der Waals surface area contributed by atoms with Gasteiger partial charge in [-0.2, -0.15) is 13.2 Å². The number of hydrogen-bond donors (Lipinski definition) is 2. The minimum atomic E-state index is -4.25. The molecule has 0 aliphatic heterocycles. The molecule has 6 nitrogen and oxygen atoms in total. The number of carbonyl (C=O) groups is 1. The van der Waals surface area contributed by atoms with E-state index in [9.17, 15) is 28.1 Å². The van der Waals surface area contributed by atoms with Crippen LogP contribution in [-0.4, -0.2) is 30.6 Å². The molecule has 1 rings (SSSR count). The van der Waals surface area contributed by atoms with E-state index in [0.717, 1.165) is 6.07 Å². The van der Waals surface area contributed by atoms with Crippen LogP contribution in [0.2, 0.25) is 0 Å². The number of alkyl halides is 3. The third-order valence-corrected chi connectivity index (χ3v) is 2.65. The number of halogens is 3. The smallest absolute Gasteiger partial charge is 0.383 e. The second kappa shape index (κ2) is 6.91. The lowest BCUT2D eigenvalue weighted by molar-refractivity contribution is -0.383. The summed E-state index contributed by atoms with van der Waals surface area (Å²) >= 11 is 0. The van der Waals surface area contributed by atoms with Crippen LogP contribution in [0.3, 0.4) is 0 Å². The maximum Gasteiger partial charge on any atom is 0.389 e. The molecule has 1 amide bonds. The summed E-state index contributed by atoms with van der Waals surface area (Å²) in [5.41, 5.74) is 0.103. The molecule has 0 heterocycles. The summed E-state index contributed by atoms with van der Waals surface area (Å²) in [6.45, 7) is -0.121. The number of amides is 1. The van der Waals surface area contributed by atoms with Crippen LogP contribution in [0.1, 0.15) is 23.2 Å². The Bertz CT molecular complexity index is 532. The van der Waals surface area contributed by atoms with Gasteiger partial charge in [0.25, 0.3) is 11.6 Å². The van der Waals surface area contributed by atoms with E-state index in [4.69, 9.17) is 0 Å². The molecular weight excluding hydrogens is 291 g/mol. The number of hydrogen-bond acceptors (Lipinski definition) is 4. The van der Waals surface area contributed by atoms with Gasteiger partial charge in [-0.15, -0.1) is 0 Å². The van der Waals surface area contributed by atoms with Gasteiger partial charge in [0, 0.05) is 31.6 Å². The molecule has 0 aliphatic carbocycles. The predicted molar refractivity (Wildman–Crippen MR) is 70.3 cm³/mol. The molecule has 116 valence electrons. The van der Waals surface area contributed by atoms with Crippen LogP contribution < -0.4 is 10.6 Å². The summed E-state index contributed by atoms with van der Waals surface area (Å²) in [7, 11) is 1.47. The van der Waals surface area contributed by atoms with Gasteiger partial charge in [-0.3, -0.25) is 14.9 Å². The van der Waals surface area contributed by atoms with E-state index in [1.807, 2.05) is 0 Å². The first kappa shape index (κ1) is 16.7. The molecule has 0 unspecified atom stereocenters. The fourth-order valence-electron chi connectivity index (χ4n) is 1.63. The van der Waals surface area contributed by atoms with Crippen molar-refractivity contribution in [1.29, 1.82) is 0 Å². The molecule has 0 aliphatic rings. The first-order valence-electron chi connectivity index (χ1n) is 6.05. The predicted octanol–water partition coefficient (Wildman–Crippen LogP) is 2.71. The van der Waals surface area contributed by atoms with E-state index < -0.39 is 23.4 Å². The summed E-state index contributed by atoms with van der Waals surface area (Å²) in [6, 6.07) is 3.69. The van der Waals surface area contributed by atoms with Crippen molar-refractivity contribution in [3.05, 3.63) is 33.9 Å². The summed E-state index contributed by atoms with van der Waals surface area (Å²) in [4.78, 5) is 21.9. The lowest BCUT2D eigenvalue weighted by Gasteiger charge is -2.08. The van der Waals surface area contributed by atoms with Gasteiger partial charge in [-0.1, -0.05) is 0 Å². The molecule has 0 spiro atoms. The first-order chi connectivity index (χ1) is 9.74. The Morgan fingerprint density at radius 3 is 2.57 bits per heavy atom. The largest absolute Gasteiger partial charge is 0.389 e. The molecular formula is C12H14F3N3O3. The molecule has 0 saturated carbocycles. The number of anilines is 1. The van der Waals surface area contributed by atoms with Gasteiger partial charge in [0.15, 0.2) is 0 Å². The van der Waals surface area contributed by atoms with Crippen LogP contribution in [0.5, 0.6) is 0 Å². The minimum absolute atomic E-state index is 0.121. The van der Waals surface area contributed by atoms with Crippen LogP contribution in [-0.2, 0) is 0 Å². The Morgan fingerprint density at radius 1 is 1.38 bits per heavy atom. The summed E-state index contributed by atoms with van der Waals surface area (Å²) in [5, 5.41) is 15.6. The lowest BCUT2D eigenvalue weighted by Crippen LogP contribution is -2.25. The average molecular weight is 305 g/mol. The fraction of sp³-hybridized carbons (Fsp3) is 0.417. The number of rotatable bonds is 6. The maximum atomic E-state index is 11.9. The molecule has 9 heteroatoms. The maximum absolute atomic E-state index is 11.9. The molecule has 21 heavy (non-hydrogen) atoms. The Morgan fingerprint density at radius 2 is 2.05 bits per heavy atom. The van der Waals surface area contributed by atoms with Gasteiger partial charge >= 0.3 is 6.18 Å². The molecule has 0 fully saturated rings. The SMILES string of the molecule is CNc1cc(C(=O)NCCCC(F)(F)F)ccc1[N+](=O)[O-]. The zero-order valence-electron chi connectivity index (χ0n) is 11.2. The fourth-order valence-corrected chi connectivity index (χ4v) is 1.63. The Kier molecular flexibility index (Phi) is 5.51. The highest BCUT2D eigenvalue weighted by atomic mass is 19.4. The van der Waals surface area contributed by atoms with Crippen LogP contribution in [0.15, 0.2) is 18.2 Å². The number of benzene rings is 1. The van der Waals surface area contributed by atoms with Crippen molar-refractivity contribution < 1.29 is 22.9 Å². The van der Waals surface area contributed by atoms with Gasteiger partial charge in [0.2, 0.25) is 0 Å². The standard InChI is InChI=1S/C12H14F3N3O3/c1-16-9-7-8(3-4-10(9)18(20)21)11(19)17-6-2-5-12(13,14)15/h3-4,7,16H,2,5-6H2,1H3,(H,17,19). The second-order valence-corrected chi connectivity index (χ2v) is 4.21. The molecule has 0 bridgehead atoms. The number of nitro benzene ring substituents is 1. The molecule has 0 saturated heterocycles. The Balaban J connectivity index is 2.65. The van der Waals surface area contributed by atoms with E-state index in [1.54, 1.807) is 0 Å². The Labute approximate surface area is 118 Å². The summed E-state index contributed by atoms with van der Waals surface area (Å²) in [5.74, 6) is -0.580. The average Bonchev–Trinajstić information content (AvgIpc) is 2.41. The van der Waals surface area contributed by atoms with Gasteiger partial charge in [0.05, 0.1) is 4.92 Å². The zero-order chi connectivity index (χ0) is 16.0. The quantitative estimate of drug-likeness (QED) is 0.481. The second-order valence-electron chi connectivity index (χ2n) is 4.21. The van der Waals surface area contributed by atoms with Crippen molar-refractivity contribution >= 4 is 17.3 Å². The number of carbonyl (C=O) groups excluding carboxylic acids is 1. The van der Waals surface area contributed by atoms with Crippen LogP contribution in [0.25, 0.3) is 0 Å². The molecule has 1 aromatic carbocycles. The van der Waals surface area contributed by atoms with E-state index >= 15 is 0 Å². The molecule has 0 radical (unpaired) electrons. The van der Waals surface area contributed by atoms with Gasteiger partial charge in [-0.05, 0) is 18.6 Å². The van der Waals surface area contributed by atoms with Crippen molar-refractivity contribution in [1.82, 2.24) is 5.32 Å². The molecule has 2 N–H and O–H groups in total. The minimum Gasteiger partial charge on any atom is -0.383 e. The number of nitrogens with one attached hydrogen (secondary N) is 2. The van der Waals surface area contributed by atoms with Gasteiger partial charge < -0.3 is 10.6 Å². The van der Waals surface area contributed by atoms with Crippen LogP contribution in [0.4, 0.5) is 24.5 Å². The Hall–Kier alpha value is -2.32. The van der Waals surface area contributed by atoms with E-state index in [1.165, 1.54) is 19.2 Å². The molecule has 1 aromatic rings. The van der Waals surface area contributed by atoms with Crippen molar-refractivity contribution in [2.45, 2.75) is 19.0 Å². The monoisotopic (exact) mass is 305 g/mol.